The van der Waals surface area contributed by atoms with Crippen LogP contribution in [0.1, 0.15) is 168 Å². The fraction of sp³-hybridized carbons (Fsp3) is 1.00. The van der Waals surface area contributed by atoms with E-state index < -0.39 is 0 Å². The average Bonchev–Trinajstić information content (AvgIpc) is 2.75. The molecule has 0 aromatic heterocycles. The van der Waals surface area contributed by atoms with Gasteiger partial charge in [0, 0.05) is 13.7 Å². The van der Waals surface area contributed by atoms with Crippen LogP contribution in [0.3, 0.4) is 0 Å². The van der Waals surface area contributed by atoms with Crippen LogP contribution in [0, 0.1) is 11.8 Å². The molecule has 0 bridgehead atoms. The van der Waals surface area contributed by atoms with Crippen LogP contribution in [-0.4, -0.2) is 13.7 Å². The van der Waals surface area contributed by atoms with E-state index in [1.165, 1.54) is 148 Å². The third kappa shape index (κ3) is 26.1. The van der Waals surface area contributed by atoms with Gasteiger partial charge in [0.25, 0.3) is 0 Å². The molecular formula is C30H62O. The molecule has 1 nitrogen and oxygen atoms in total. The maximum atomic E-state index is 5.21. The summed E-state index contributed by atoms with van der Waals surface area (Å²) in [6.45, 7) is 7.98. The van der Waals surface area contributed by atoms with E-state index >= 15 is 0 Å². The van der Waals surface area contributed by atoms with Crippen molar-refractivity contribution in [2.24, 2.45) is 11.8 Å². The molecule has 0 spiro atoms. The van der Waals surface area contributed by atoms with Crippen LogP contribution in [0.2, 0.25) is 0 Å². The van der Waals surface area contributed by atoms with Crippen LogP contribution < -0.4 is 0 Å². The van der Waals surface area contributed by atoms with Gasteiger partial charge < -0.3 is 4.74 Å². The lowest BCUT2D eigenvalue weighted by Gasteiger charge is -2.09. The van der Waals surface area contributed by atoms with E-state index in [4.69, 9.17) is 4.74 Å². The zero-order chi connectivity index (χ0) is 22.8. The lowest BCUT2D eigenvalue weighted by Crippen LogP contribution is -2.02. The maximum absolute atomic E-state index is 5.21. The van der Waals surface area contributed by atoms with Crippen LogP contribution in [0.15, 0.2) is 0 Å². The molecule has 0 heterocycles. The Morgan fingerprint density at radius 3 is 1.00 bits per heavy atom. The summed E-state index contributed by atoms with van der Waals surface area (Å²) < 4.78 is 5.21. The Morgan fingerprint density at radius 2 is 0.710 bits per heavy atom. The van der Waals surface area contributed by atoms with Crippen LogP contribution in [0.25, 0.3) is 0 Å². The topological polar surface area (TPSA) is 9.23 Å². The summed E-state index contributed by atoms with van der Waals surface area (Å²) in [5, 5.41) is 0. The maximum Gasteiger partial charge on any atom is 0.0487 e. The fourth-order valence-electron chi connectivity index (χ4n) is 5.00. The minimum Gasteiger partial charge on any atom is -0.384 e. The largest absolute Gasteiger partial charge is 0.384 e. The molecule has 0 fully saturated rings. The predicted octanol–water partition coefficient (Wildman–Crippen LogP) is 10.9. The molecule has 0 saturated carbocycles. The zero-order valence-corrected chi connectivity index (χ0v) is 22.5. The molecule has 188 valence electrons. The van der Waals surface area contributed by atoms with E-state index in [0.717, 1.165) is 18.4 Å². The van der Waals surface area contributed by atoms with E-state index in [0.29, 0.717) is 0 Å². The molecule has 0 saturated heterocycles. The van der Waals surface area contributed by atoms with Gasteiger partial charge in [-0.3, -0.25) is 0 Å². The lowest BCUT2D eigenvalue weighted by molar-refractivity contribution is 0.154. The predicted molar refractivity (Wildman–Crippen MR) is 142 cm³/mol. The summed E-state index contributed by atoms with van der Waals surface area (Å²) in [6.07, 6.45) is 33.5. The van der Waals surface area contributed by atoms with E-state index in [1.54, 1.807) is 0 Å². The number of methoxy groups -OCH3 is 1. The molecule has 0 amide bonds. The van der Waals surface area contributed by atoms with Crippen molar-refractivity contribution in [3.05, 3.63) is 0 Å². The van der Waals surface area contributed by atoms with Gasteiger partial charge in [0.15, 0.2) is 0 Å². The van der Waals surface area contributed by atoms with Crippen molar-refractivity contribution in [1.82, 2.24) is 0 Å². The van der Waals surface area contributed by atoms with E-state index in [-0.39, 0.29) is 0 Å². The van der Waals surface area contributed by atoms with Gasteiger partial charge in [-0.1, -0.05) is 162 Å². The van der Waals surface area contributed by atoms with Crippen molar-refractivity contribution in [3.63, 3.8) is 0 Å². The second-order valence-electron chi connectivity index (χ2n) is 10.7. The number of hydrogen-bond donors (Lipinski definition) is 0. The van der Waals surface area contributed by atoms with Gasteiger partial charge in [-0.25, -0.2) is 0 Å². The van der Waals surface area contributed by atoms with Gasteiger partial charge in [-0.2, -0.15) is 0 Å². The van der Waals surface area contributed by atoms with Crippen LogP contribution in [-0.2, 0) is 4.74 Å². The Kier molecular flexibility index (Phi) is 26.2. The monoisotopic (exact) mass is 438 g/mol. The SMILES string of the molecule is CCCC(C)CCCCCCCCCCCCCCCCCCCCCC(C)COC. The van der Waals surface area contributed by atoms with Crippen molar-refractivity contribution in [3.8, 4) is 0 Å². The van der Waals surface area contributed by atoms with Crippen molar-refractivity contribution in [1.29, 1.82) is 0 Å². The van der Waals surface area contributed by atoms with E-state index in [1.807, 2.05) is 7.11 Å². The summed E-state index contributed by atoms with van der Waals surface area (Å²) in [4.78, 5) is 0. The third-order valence-electron chi connectivity index (χ3n) is 7.13. The van der Waals surface area contributed by atoms with Gasteiger partial charge in [0.1, 0.15) is 0 Å². The van der Waals surface area contributed by atoms with Gasteiger partial charge in [-0.05, 0) is 18.3 Å². The molecule has 0 aliphatic rings. The summed E-state index contributed by atoms with van der Waals surface area (Å²) in [6, 6.07) is 0. The zero-order valence-electron chi connectivity index (χ0n) is 22.5. The summed E-state index contributed by atoms with van der Waals surface area (Å²) in [5.41, 5.74) is 0. The second kappa shape index (κ2) is 26.2. The smallest absolute Gasteiger partial charge is 0.0487 e. The molecule has 2 unspecified atom stereocenters. The third-order valence-corrected chi connectivity index (χ3v) is 7.13. The highest BCUT2D eigenvalue weighted by Crippen LogP contribution is 2.17. The molecule has 0 radical (unpaired) electrons. The first kappa shape index (κ1) is 31.0. The average molecular weight is 439 g/mol. The van der Waals surface area contributed by atoms with Crippen LogP contribution in [0.4, 0.5) is 0 Å². The standard InChI is InChI=1S/C30H62O/c1-5-25-29(2)26-23-21-19-17-15-13-11-9-7-6-8-10-12-14-16-18-20-22-24-27-30(3)28-31-4/h29-30H,5-28H2,1-4H3. The Morgan fingerprint density at radius 1 is 0.419 bits per heavy atom. The van der Waals surface area contributed by atoms with Crippen LogP contribution >= 0.6 is 0 Å². The summed E-state index contributed by atoms with van der Waals surface area (Å²) in [7, 11) is 1.82. The van der Waals surface area contributed by atoms with Crippen LogP contribution in [0.5, 0.6) is 0 Å². The molecule has 0 rings (SSSR count). The van der Waals surface area contributed by atoms with Gasteiger partial charge >= 0.3 is 0 Å². The summed E-state index contributed by atoms with van der Waals surface area (Å²) >= 11 is 0. The van der Waals surface area contributed by atoms with E-state index in [2.05, 4.69) is 20.8 Å². The minimum atomic E-state index is 0.740. The van der Waals surface area contributed by atoms with Crippen molar-refractivity contribution in [2.45, 2.75) is 168 Å². The molecule has 0 aliphatic carbocycles. The van der Waals surface area contributed by atoms with E-state index in [9.17, 15) is 0 Å². The summed E-state index contributed by atoms with van der Waals surface area (Å²) in [5.74, 6) is 1.70. The minimum absolute atomic E-state index is 0.740. The molecule has 31 heavy (non-hydrogen) atoms. The molecule has 2 atom stereocenters. The highest BCUT2D eigenvalue weighted by molar-refractivity contribution is 4.55. The first-order chi connectivity index (χ1) is 15.2. The van der Waals surface area contributed by atoms with Crippen molar-refractivity contribution >= 4 is 0 Å². The Hall–Kier alpha value is -0.0400. The highest BCUT2D eigenvalue weighted by atomic mass is 16.5. The van der Waals surface area contributed by atoms with Gasteiger partial charge in [-0.15, -0.1) is 0 Å². The Bertz CT molecular complexity index is 284. The lowest BCUT2D eigenvalue weighted by atomic mass is 9.98. The number of hydrogen-bond acceptors (Lipinski definition) is 1. The molecule has 0 aliphatic heterocycles. The Balaban J connectivity index is 3.06. The molecular weight excluding hydrogens is 376 g/mol. The highest BCUT2D eigenvalue weighted by Gasteiger charge is 2.01. The normalized spacial score (nSPS) is 13.5. The number of rotatable bonds is 26. The Labute approximate surface area is 198 Å². The quantitative estimate of drug-likeness (QED) is 0.122. The molecule has 0 aromatic carbocycles. The second-order valence-corrected chi connectivity index (χ2v) is 10.7. The number of ether oxygens (including phenoxy) is 1. The number of unbranched alkanes of at least 4 members (excludes halogenated alkanes) is 18. The van der Waals surface area contributed by atoms with Crippen molar-refractivity contribution < 1.29 is 4.74 Å². The molecule has 1 heteroatoms. The first-order valence-electron chi connectivity index (χ1n) is 14.7. The first-order valence-corrected chi connectivity index (χ1v) is 14.7. The molecule has 0 N–H and O–H groups in total. The van der Waals surface area contributed by atoms with Crippen molar-refractivity contribution in [2.75, 3.05) is 13.7 Å². The fourth-order valence-corrected chi connectivity index (χ4v) is 5.00. The van der Waals surface area contributed by atoms with Gasteiger partial charge in [0.05, 0.1) is 0 Å². The van der Waals surface area contributed by atoms with Gasteiger partial charge in [0.2, 0.25) is 0 Å². The molecule has 0 aromatic rings.